The van der Waals surface area contributed by atoms with Crippen molar-refractivity contribution in [2.24, 2.45) is 0 Å². The molecule has 6 heteroatoms. The minimum Gasteiger partial charge on any atom is -0.493 e. The zero-order valence-electron chi connectivity index (χ0n) is 18.2. The minimum absolute atomic E-state index is 0.0244. The van der Waals surface area contributed by atoms with Gasteiger partial charge in [-0.3, -0.25) is 0 Å². The Morgan fingerprint density at radius 3 is 2.10 bits per heavy atom. The number of alkyl halides is 2. The van der Waals surface area contributed by atoms with Crippen LogP contribution in [0.15, 0.2) is 36.7 Å². The molecule has 4 nitrogen and oxygen atoms in total. The fraction of sp³-hybridized carbons (Fsp3) is 0.583. The first-order valence-corrected chi connectivity index (χ1v) is 11.1. The molecule has 0 aliphatic heterocycles. The Balaban J connectivity index is 1.76. The Kier molecular flexibility index (Phi) is 11.1. The summed E-state index contributed by atoms with van der Waals surface area (Å²) in [6.45, 7) is 4.54. The topological polar surface area (TPSA) is 44.2 Å². The molecule has 30 heavy (non-hydrogen) atoms. The molecular formula is C24H34F2N2O2. The minimum atomic E-state index is -0.969. The average molecular weight is 421 g/mol. The highest BCUT2D eigenvalue weighted by atomic mass is 19.1. The summed E-state index contributed by atoms with van der Waals surface area (Å²) in [5.74, 6) is 1.70. The van der Waals surface area contributed by atoms with E-state index in [1.165, 1.54) is 0 Å². The van der Waals surface area contributed by atoms with Gasteiger partial charge < -0.3 is 9.47 Å². The quantitative estimate of drug-likeness (QED) is 0.299. The Morgan fingerprint density at radius 2 is 1.43 bits per heavy atom. The van der Waals surface area contributed by atoms with Crippen LogP contribution in [0.3, 0.4) is 0 Å². The number of rotatable bonds is 15. The Hall–Kier alpha value is -2.24. The lowest BCUT2D eigenvalue weighted by Gasteiger charge is -2.11. The van der Waals surface area contributed by atoms with Gasteiger partial charge in [0.1, 0.15) is 24.7 Å². The maximum atomic E-state index is 13.8. The molecule has 0 bridgehead atoms. The molecule has 1 heterocycles. The van der Waals surface area contributed by atoms with Crippen molar-refractivity contribution in [1.29, 1.82) is 0 Å². The van der Waals surface area contributed by atoms with Gasteiger partial charge in [-0.15, -0.1) is 0 Å². The summed E-state index contributed by atoms with van der Waals surface area (Å²) < 4.78 is 38.5. The van der Waals surface area contributed by atoms with Gasteiger partial charge in [0.25, 0.3) is 0 Å². The normalized spacial score (nSPS) is 13.1. The maximum Gasteiger partial charge on any atom is 0.159 e. The van der Waals surface area contributed by atoms with Gasteiger partial charge in [0, 0.05) is 12.0 Å². The Bertz CT molecular complexity index is 695. The molecule has 166 valence electrons. The number of aromatic nitrogens is 2. The van der Waals surface area contributed by atoms with E-state index in [9.17, 15) is 8.78 Å². The highest BCUT2D eigenvalue weighted by Gasteiger charge is 2.09. The molecule has 1 aromatic carbocycles. The predicted molar refractivity (Wildman–Crippen MR) is 117 cm³/mol. The van der Waals surface area contributed by atoms with Crippen LogP contribution in [0.4, 0.5) is 8.78 Å². The lowest BCUT2D eigenvalue weighted by atomic mass is 10.1. The molecule has 0 fully saturated rings. The van der Waals surface area contributed by atoms with Crippen molar-refractivity contribution in [2.75, 3.05) is 13.2 Å². The molecule has 2 rings (SSSR count). The van der Waals surface area contributed by atoms with Crippen molar-refractivity contribution in [3.63, 3.8) is 0 Å². The third-order valence-electron chi connectivity index (χ3n) is 4.86. The fourth-order valence-corrected chi connectivity index (χ4v) is 3.00. The monoisotopic (exact) mass is 420 g/mol. The molecule has 0 amide bonds. The first-order valence-electron chi connectivity index (χ1n) is 11.1. The van der Waals surface area contributed by atoms with Gasteiger partial charge in [0.15, 0.2) is 11.6 Å². The Morgan fingerprint density at radius 1 is 0.767 bits per heavy atom. The number of unbranched alkanes of at least 4 members (excludes halogenated alkanes) is 3. The number of hydrogen-bond donors (Lipinski definition) is 0. The first-order chi connectivity index (χ1) is 14.6. The summed E-state index contributed by atoms with van der Waals surface area (Å²) in [5, 5.41) is 0. The molecule has 0 radical (unpaired) electrons. The van der Waals surface area contributed by atoms with Gasteiger partial charge in [0.2, 0.25) is 0 Å². The van der Waals surface area contributed by atoms with E-state index in [0.29, 0.717) is 43.2 Å². The van der Waals surface area contributed by atoms with Crippen LogP contribution in [0, 0.1) is 0 Å². The number of halogens is 2. The lowest BCUT2D eigenvalue weighted by Crippen LogP contribution is -2.13. The van der Waals surface area contributed by atoms with Gasteiger partial charge in [-0.2, -0.15) is 0 Å². The van der Waals surface area contributed by atoms with Gasteiger partial charge in [-0.05, 0) is 37.1 Å². The van der Waals surface area contributed by atoms with Crippen LogP contribution in [0.5, 0.6) is 11.5 Å². The van der Waals surface area contributed by atoms with Crippen molar-refractivity contribution in [1.82, 2.24) is 9.97 Å². The van der Waals surface area contributed by atoms with E-state index in [1.54, 1.807) is 12.4 Å². The van der Waals surface area contributed by atoms with Crippen LogP contribution in [0.1, 0.15) is 65.2 Å². The van der Waals surface area contributed by atoms with Crippen LogP contribution >= 0.6 is 0 Å². The smallest absolute Gasteiger partial charge is 0.159 e. The highest BCUT2D eigenvalue weighted by Crippen LogP contribution is 2.21. The molecule has 0 saturated heterocycles. The average Bonchev–Trinajstić information content (AvgIpc) is 2.77. The van der Waals surface area contributed by atoms with Crippen molar-refractivity contribution in [3.8, 4) is 22.9 Å². The summed E-state index contributed by atoms with van der Waals surface area (Å²) in [6.07, 6.45) is 7.78. The second-order valence-electron chi connectivity index (χ2n) is 7.55. The predicted octanol–water partition coefficient (Wildman–Crippen LogP) is 6.74. The van der Waals surface area contributed by atoms with Crippen molar-refractivity contribution < 1.29 is 18.3 Å². The van der Waals surface area contributed by atoms with E-state index in [4.69, 9.17) is 9.47 Å². The van der Waals surface area contributed by atoms with Crippen LogP contribution in [0.2, 0.25) is 0 Å². The van der Waals surface area contributed by atoms with E-state index in [2.05, 4.69) is 23.8 Å². The molecule has 0 aliphatic carbocycles. The van der Waals surface area contributed by atoms with Crippen molar-refractivity contribution in [2.45, 2.75) is 77.6 Å². The third-order valence-corrected chi connectivity index (χ3v) is 4.86. The van der Waals surface area contributed by atoms with Gasteiger partial charge in [0.05, 0.1) is 19.0 Å². The van der Waals surface area contributed by atoms with E-state index in [-0.39, 0.29) is 6.61 Å². The largest absolute Gasteiger partial charge is 0.493 e. The van der Waals surface area contributed by atoms with Crippen LogP contribution in [-0.4, -0.2) is 35.5 Å². The fourth-order valence-electron chi connectivity index (χ4n) is 3.00. The number of ether oxygens (including phenoxy) is 2. The van der Waals surface area contributed by atoms with E-state index in [1.807, 2.05) is 24.3 Å². The maximum absolute atomic E-state index is 13.8. The lowest BCUT2D eigenvalue weighted by molar-refractivity contribution is 0.183. The van der Waals surface area contributed by atoms with Crippen molar-refractivity contribution in [3.05, 3.63) is 36.7 Å². The molecule has 0 unspecified atom stereocenters. The molecule has 0 aliphatic rings. The molecular weight excluding hydrogens is 386 g/mol. The van der Waals surface area contributed by atoms with Gasteiger partial charge in [-0.25, -0.2) is 18.7 Å². The number of hydrogen-bond acceptors (Lipinski definition) is 4. The van der Waals surface area contributed by atoms with Crippen molar-refractivity contribution >= 4 is 0 Å². The molecule has 0 saturated carbocycles. The third kappa shape index (κ3) is 9.06. The standard InChI is InChI=1S/C24H34F2N2O2/c1-3-5-7-9-21(26)18-30-23-16-27-24(28-17-23)19-10-12-22(13-11-19)29-15-14-20(25)8-6-4-2/h10-13,16-17,20-21H,3-9,14-15,18H2,1-2H3/t20-,21+/m1/s1. The summed E-state index contributed by atoms with van der Waals surface area (Å²) in [6, 6.07) is 7.37. The van der Waals surface area contributed by atoms with Gasteiger partial charge >= 0.3 is 0 Å². The summed E-state index contributed by atoms with van der Waals surface area (Å²) >= 11 is 0. The molecule has 2 atom stereocenters. The second-order valence-corrected chi connectivity index (χ2v) is 7.55. The van der Waals surface area contributed by atoms with E-state index in [0.717, 1.165) is 37.7 Å². The van der Waals surface area contributed by atoms with E-state index >= 15 is 0 Å². The Labute approximate surface area is 179 Å². The zero-order chi connectivity index (χ0) is 21.6. The van der Waals surface area contributed by atoms with Crippen LogP contribution in [-0.2, 0) is 0 Å². The first kappa shape index (κ1) is 24.0. The van der Waals surface area contributed by atoms with E-state index < -0.39 is 12.3 Å². The number of benzene rings is 1. The summed E-state index contributed by atoms with van der Waals surface area (Å²) in [7, 11) is 0. The van der Waals surface area contributed by atoms with Crippen LogP contribution < -0.4 is 9.47 Å². The number of nitrogens with zero attached hydrogens (tertiary/aromatic N) is 2. The molecule has 0 spiro atoms. The second kappa shape index (κ2) is 13.9. The van der Waals surface area contributed by atoms with Gasteiger partial charge in [-0.1, -0.05) is 46.0 Å². The zero-order valence-corrected chi connectivity index (χ0v) is 18.2. The molecule has 2 aromatic rings. The van der Waals surface area contributed by atoms with Crippen LogP contribution in [0.25, 0.3) is 11.4 Å². The SMILES string of the molecule is CCCCC[C@H](F)COc1cnc(-c2ccc(OCC[C@H](F)CCCC)cc2)nc1. The molecule has 1 aromatic heterocycles. The summed E-state index contributed by atoms with van der Waals surface area (Å²) in [4.78, 5) is 8.59. The molecule has 0 N–H and O–H groups in total. The summed E-state index contributed by atoms with van der Waals surface area (Å²) in [5.41, 5.74) is 0.836. The highest BCUT2D eigenvalue weighted by molar-refractivity contribution is 5.56.